The molecule has 6 nitrogen and oxygen atoms in total. The Morgan fingerprint density at radius 3 is 2.60 bits per heavy atom. The van der Waals surface area contributed by atoms with Crippen molar-refractivity contribution in [3.63, 3.8) is 0 Å². The van der Waals surface area contributed by atoms with Gasteiger partial charge in [0.25, 0.3) is 5.91 Å². The van der Waals surface area contributed by atoms with E-state index in [4.69, 9.17) is 14.2 Å². The first kappa shape index (κ1) is 17.0. The smallest absolute Gasteiger partial charge is 0.335 e. The average Bonchev–Trinajstić information content (AvgIpc) is 3.17. The molecule has 0 aromatic heterocycles. The van der Waals surface area contributed by atoms with Crippen molar-refractivity contribution in [1.29, 1.82) is 0 Å². The lowest BCUT2D eigenvalue weighted by molar-refractivity contribution is -0.156. The van der Waals surface area contributed by atoms with Crippen molar-refractivity contribution in [2.24, 2.45) is 0 Å². The van der Waals surface area contributed by atoms with Gasteiger partial charge in [0.05, 0.1) is 5.69 Å². The van der Waals surface area contributed by atoms with Gasteiger partial charge in [-0.15, -0.1) is 0 Å². The van der Waals surface area contributed by atoms with E-state index in [1.807, 2.05) is 36.4 Å². The van der Waals surface area contributed by atoms with Crippen molar-refractivity contribution in [3.05, 3.63) is 54.6 Å². The highest BCUT2D eigenvalue weighted by Gasteiger charge is 2.25. The van der Waals surface area contributed by atoms with Crippen molar-refractivity contribution in [3.8, 4) is 11.5 Å². The number of esters is 1. The number of hydrogen-bond donors (Lipinski definition) is 1. The van der Waals surface area contributed by atoms with E-state index in [9.17, 15) is 9.59 Å². The third-order valence-electron chi connectivity index (χ3n) is 3.67. The fourth-order valence-electron chi connectivity index (χ4n) is 2.45. The van der Waals surface area contributed by atoms with E-state index >= 15 is 0 Å². The molecule has 1 atom stereocenters. The molecule has 0 radical (unpaired) electrons. The maximum atomic E-state index is 12.1. The van der Waals surface area contributed by atoms with E-state index in [0.29, 0.717) is 30.2 Å². The first-order valence-electron chi connectivity index (χ1n) is 8.12. The third kappa shape index (κ3) is 4.81. The highest BCUT2D eigenvalue weighted by Crippen LogP contribution is 2.29. The van der Waals surface area contributed by atoms with Crippen LogP contribution in [0.25, 0.3) is 0 Å². The van der Waals surface area contributed by atoms with Gasteiger partial charge < -0.3 is 19.5 Å². The van der Waals surface area contributed by atoms with Crippen molar-refractivity contribution < 1.29 is 23.8 Å². The third-order valence-corrected chi connectivity index (χ3v) is 3.67. The molecule has 2 aromatic rings. The summed E-state index contributed by atoms with van der Waals surface area (Å²) in [5, 5.41) is 2.69. The van der Waals surface area contributed by atoms with Crippen LogP contribution >= 0.6 is 0 Å². The molecular formula is C19H19NO5. The maximum Gasteiger partial charge on any atom is 0.335 e. The normalized spacial score (nSPS) is 16.2. The first-order chi connectivity index (χ1) is 12.2. The highest BCUT2D eigenvalue weighted by atomic mass is 16.6. The van der Waals surface area contributed by atoms with E-state index in [2.05, 4.69) is 5.32 Å². The van der Waals surface area contributed by atoms with Crippen LogP contribution in [0.2, 0.25) is 0 Å². The van der Waals surface area contributed by atoms with Crippen molar-refractivity contribution in [2.75, 3.05) is 18.5 Å². The van der Waals surface area contributed by atoms with Crippen LogP contribution in [0.3, 0.4) is 0 Å². The maximum absolute atomic E-state index is 12.1. The number of para-hydroxylation sites is 3. The number of benzene rings is 2. The van der Waals surface area contributed by atoms with Gasteiger partial charge in [0.2, 0.25) is 0 Å². The van der Waals surface area contributed by atoms with E-state index in [1.165, 1.54) is 0 Å². The van der Waals surface area contributed by atoms with Crippen molar-refractivity contribution in [2.45, 2.75) is 18.9 Å². The zero-order chi connectivity index (χ0) is 17.5. The summed E-state index contributed by atoms with van der Waals surface area (Å²) in [4.78, 5) is 23.8. The Bertz CT molecular complexity index is 726. The van der Waals surface area contributed by atoms with Gasteiger partial charge in [-0.05, 0) is 37.1 Å². The largest absolute Gasteiger partial charge is 0.455 e. The second-order valence-corrected chi connectivity index (χ2v) is 5.57. The van der Waals surface area contributed by atoms with Gasteiger partial charge in [-0.3, -0.25) is 4.79 Å². The van der Waals surface area contributed by atoms with Gasteiger partial charge in [0.1, 0.15) is 5.75 Å². The topological polar surface area (TPSA) is 73.9 Å². The Morgan fingerprint density at radius 2 is 1.84 bits per heavy atom. The predicted molar refractivity (Wildman–Crippen MR) is 91.5 cm³/mol. The zero-order valence-corrected chi connectivity index (χ0v) is 13.6. The van der Waals surface area contributed by atoms with E-state index in [1.54, 1.807) is 18.2 Å². The second kappa shape index (κ2) is 8.30. The summed E-state index contributed by atoms with van der Waals surface area (Å²) >= 11 is 0. The molecule has 130 valence electrons. The molecule has 1 N–H and O–H groups in total. The number of carbonyl (C=O) groups is 2. The fraction of sp³-hybridized carbons (Fsp3) is 0.263. The molecule has 6 heteroatoms. The molecule has 2 aromatic carbocycles. The predicted octanol–water partition coefficient (Wildman–Crippen LogP) is 3.14. The lowest BCUT2D eigenvalue weighted by atomic mass is 10.2. The molecule has 0 aliphatic carbocycles. The number of rotatable bonds is 6. The molecule has 1 fully saturated rings. The van der Waals surface area contributed by atoms with Crippen LogP contribution in [0.1, 0.15) is 12.8 Å². The molecule has 1 heterocycles. The first-order valence-corrected chi connectivity index (χ1v) is 8.12. The minimum atomic E-state index is -0.554. The van der Waals surface area contributed by atoms with Crippen LogP contribution in [0.4, 0.5) is 5.69 Å². The minimum Gasteiger partial charge on any atom is -0.455 e. The lowest BCUT2D eigenvalue weighted by Gasteiger charge is -2.13. The molecule has 3 rings (SSSR count). The summed E-state index contributed by atoms with van der Waals surface area (Å²) < 4.78 is 16.0. The van der Waals surface area contributed by atoms with Crippen LogP contribution in [-0.4, -0.2) is 31.2 Å². The molecule has 0 bridgehead atoms. The lowest BCUT2D eigenvalue weighted by Crippen LogP contribution is -2.27. The van der Waals surface area contributed by atoms with Crippen LogP contribution in [0.15, 0.2) is 54.6 Å². The highest BCUT2D eigenvalue weighted by molar-refractivity contribution is 5.94. The number of carbonyl (C=O) groups excluding carboxylic acids is 2. The number of anilines is 1. The van der Waals surface area contributed by atoms with Gasteiger partial charge >= 0.3 is 5.97 Å². The fourth-order valence-corrected chi connectivity index (χ4v) is 2.45. The standard InChI is InChI=1S/C19H19NO5/c21-18(13-24-19(22)17-11-6-12-23-17)20-15-9-4-5-10-16(15)25-14-7-2-1-3-8-14/h1-5,7-10,17H,6,11-13H2,(H,20,21)/t17-/m1/s1. The van der Waals surface area contributed by atoms with Gasteiger partial charge in [0.15, 0.2) is 18.5 Å². The summed E-state index contributed by atoms with van der Waals surface area (Å²) in [6.45, 7) is 0.189. The van der Waals surface area contributed by atoms with E-state index in [-0.39, 0.29) is 6.61 Å². The second-order valence-electron chi connectivity index (χ2n) is 5.57. The van der Waals surface area contributed by atoms with Gasteiger partial charge in [-0.25, -0.2) is 4.79 Å². The summed E-state index contributed by atoms with van der Waals surface area (Å²) in [7, 11) is 0. The average molecular weight is 341 g/mol. The Kier molecular flexibility index (Phi) is 5.64. The summed E-state index contributed by atoms with van der Waals surface area (Å²) in [5.74, 6) is 0.235. The molecule has 1 amide bonds. The Labute approximate surface area is 145 Å². The molecule has 0 spiro atoms. The van der Waals surface area contributed by atoms with Crippen LogP contribution in [0, 0.1) is 0 Å². The summed E-state index contributed by atoms with van der Waals surface area (Å²) in [5.41, 5.74) is 0.504. The van der Waals surface area contributed by atoms with Gasteiger partial charge in [0, 0.05) is 6.61 Å². The van der Waals surface area contributed by atoms with E-state index in [0.717, 1.165) is 6.42 Å². The zero-order valence-electron chi connectivity index (χ0n) is 13.6. The molecule has 0 unspecified atom stereocenters. The number of hydrogen-bond acceptors (Lipinski definition) is 5. The number of nitrogens with one attached hydrogen (secondary N) is 1. The molecule has 0 saturated carbocycles. The Balaban J connectivity index is 1.56. The SMILES string of the molecule is O=C(COC(=O)[C@H]1CCCO1)Nc1ccccc1Oc1ccccc1. The molecular weight excluding hydrogens is 322 g/mol. The molecule has 25 heavy (non-hydrogen) atoms. The summed E-state index contributed by atoms with van der Waals surface area (Å²) in [6, 6.07) is 16.3. The van der Waals surface area contributed by atoms with Crippen LogP contribution in [0.5, 0.6) is 11.5 Å². The quantitative estimate of drug-likeness (QED) is 0.817. The Hall–Kier alpha value is -2.86. The monoisotopic (exact) mass is 341 g/mol. The van der Waals surface area contributed by atoms with Crippen molar-refractivity contribution in [1.82, 2.24) is 0 Å². The van der Waals surface area contributed by atoms with Crippen LogP contribution < -0.4 is 10.1 Å². The Morgan fingerprint density at radius 1 is 1.08 bits per heavy atom. The molecule has 1 aliphatic heterocycles. The van der Waals surface area contributed by atoms with E-state index < -0.39 is 18.0 Å². The van der Waals surface area contributed by atoms with Gasteiger partial charge in [-0.2, -0.15) is 0 Å². The minimum absolute atomic E-state index is 0.363. The number of ether oxygens (including phenoxy) is 3. The van der Waals surface area contributed by atoms with Gasteiger partial charge in [-0.1, -0.05) is 30.3 Å². The molecule has 1 aliphatic rings. The number of amides is 1. The summed E-state index contributed by atoms with van der Waals surface area (Å²) in [6.07, 6.45) is 0.908. The van der Waals surface area contributed by atoms with Crippen molar-refractivity contribution >= 4 is 17.6 Å². The van der Waals surface area contributed by atoms with Crippen LogP contribution in [-0.2, 0) is 19.1 Å². The molecule has 1 saturated heterocycles.